The monoisotopic (exact) mass is 435 g/mol. The number of aryl methyl sites for hydroxylation is 1. The maximum absolute atomic E-state index is 11.6. The molecular formula is C27H33NO4. The zero-order valence-electron chi connectivity index (χ0n) is 19.2. The van der Waals surface area contributed by atoms with Crippen molar-refractivity contribution in [2.24, 2.45) is 11.8 Å². The number of nitrogens with zero attached hydrogens (tertiary/aromatic N) is 1. The summed E-state index contributed by atoms with van der Waals surface area (Å²) in [5.74, 6) is 0.570. The first-order valence-corrected chi connectivity index (χ1v) is 11.1. The van der Waals surface area contributed by atoms with Crippen molar-refractivity contribution in [1.82, 2.24) is 4.98 Å². The molecule has 0 bridgehead atoms. The molecule has 2 aromatic rings. The van der Waals surface area contributed by atoms with Gasteiger partial charge in [-0.2, -0.15) is 0 Å². The molecule has 1 fully saturated rings. The fourth-order valence-corrected chi connectivity index (χ4v) is 4.29. The zero-order chi connectivity index (χ0) is 23.5. The van der Waals surface area contributed by atoms with Gasteiger partial charge in [-0.15, -0.1) is 12.8 Å². The third kappa shape index (κ3) is 6.21. The molecule has 0 spiro atoms. The minimum absolute atomic E-state index is 0.109. The Kier molecular flexibility index (Phi) is 9.97. The van der Waals surface area contributed by atoms with Crippen molar-refractivity contribution in [2.45, 2.75) is 46.5 Å². The molecule has 0 aliphatic heterocycles. The summed E-state index contributed by atoms with van der Waals surface area (Å²) in [5, 5.41) is 9.50. The summed E-state index contributed by atoms with van der Waals surface area (Å²) in [5.41, 5.74) is 4.29. The van der Waals surface area contributed by atoms with Crippen LogP contribution in [0.3, 0.4) is 0 Å². The molecule has 170 valence electrons. The van der Waals surface area contributed by atoms with Gasteiger partial charge >= 0.3 is 5.97 Å². The normalized spacial score (nSPS) is 19.0. The van der Waals surface area contributed by atoms with Gasteiger partial charge in [-0.3, -0.25) is 4.79 Å². The number of oxazole rings is 1. The standard InChI is InChI=1S/C25H31NO4.C2H2/c1-4-20-18(11-12-22(20)21(5-2)25(27)28)13-15-29-16-14-23-17(3)30-24(26-23)19-9-7-6-8-10-19;1-2/h4,6-10,13,21-22H,5,11-12,14-16H2,1-3H3,(H,27,28);1-2H/b18-13-,20-4+;. The van der Waals surface area contributed by atoms with E-state index in [1.54, 1.807) is 0 Å². The van der Waals surface area contributed by atoms with Gasteiger partial charge in [0.2, 0.25) is 5.89 Å². The maximum atomic E-state index is 11.6. The Hall–Kier alpha value is -3.10. The highest BCUT2D eigenvalue weighted by molar-refractivity contribution is 5.71. The molecule has 3 rings (SSSR count). The molecule has 1 N–H and O–H groups in total. The lowest BCUT2D eigenvalue weighted by Gasteiger charge is -2.19. The number of carboxylic acid groups (broad SMARTS) is 1. The molecule has 2 unspecified atom stereocenters. The summed E-state index contributed by atoms with van der Waals surface area (Å²) in [6, 6.07) is 9.88. The Morgan fingerprint density at radius 2 is 2.06 bits per heavy atom. The van der Waals surface area contributed by atoms with Crippen molar-refractivity contribution >= 4 is 5.97 Å². The highest BCUT2D eigenvalue weighted by atomic mass is 16.5. The molecule has 5 nitrogen and oxygen atoms in total. The van der Waals surface area contributed by atoms with E-state index in [9.17, 15) is 9.90 Å². The van der Waals surface area contributed by atoms with Crippen molar-refractivity contribution in [1.29, 1.82) is 0 Å². The lowest BCUT2D eigenvalue weighted by Crippen LogP contribution is -2.22. The first-order valence-electron chi connectivity index (χ1n) is 11.1. The Morgan fingerprint density at radius 1 is 1.34 bits per heavy atom. The fourth-order valence-electron chi connectivity index (χ4n) is 4.29. The van der Waals surface area contributed by atoms with Gasteiger partial charge in [0.1, 0.15) is 5.76 Å². The number of allylic oxidation sites excluding steroid dienone is 3. The Balaban J connectivity index is 0.00000176. The van der Waals surface area contributed by atoms with Gasteiger partial charge in [0.15, 0.2) is 0 Å². The second kappa shape index (κ2) is 12.7. The van der Waals surface area contributed by atoms with E-state index in [1.165, 1.54) is 11.1 Å². The van der Waals surface area contributed by atoms with E-state index in [0.29, 0.717) is 31.9 Å². The minimum Gasteiger partial charge on any atom is -0.481 e. The second-order valence-corrected chi connectivity index (χ2v) is 7.68. The van der Waals surface area contributed by atoms with Crippen LogP contribution >= 0.6 is 0 Å². The van der Waals surface area contributed by atoms with Crippen molar-refractivity contribution in [3.05, 3.63) is 65.1 Å². The van der Waals surface area contributed by atoms with E-state index in [4.69, 9.17) is 9.15 Å². The predicted octanol–water partition coefficient (Wildman–Crippen LogP) is 5.85. The number of aliphatic carboxylic acids is 1. The number of benzene rings is 1. The van der Waals surface area contributed by atoms with E-state index in [2.05, 4.69) is 30.0 Å². The van der Waals surface area contributed by atoms with E-state index < -0.39 is 5.97 Å². The molecule has 1 aliphatic carbocycles. The number of ether oxygens (including phenoxy) is 1. The number of hydrogen-bond donors (Lipinski definition) is 1. The summed E-state index contributed by atoms with van der Waals surface area (Å²) in [6.07, 6.45) is 15.3. The molecule has 5 heteroatoms. The lowest BCUT2D eigenvalue weighted by molar-refractivity contribution is -0.143. The quantitative estimate of drug-likeness (QED) is 0.395. The number of carbonyl (C=O) groups is 1. The molecule has 0 amide bonds. The summed E-state index contributed by atoms with van der Waals surface area (Å²) < 4.78 is 11.6. The molecule has 1 saturated carbocycles. The van der Waals surface area contributed by atoms with E-state index in [-0.39, 0.29) is 11.8 Å². The summed E-state index contributed by atoms with van der Waals surface area (Å²) in [6.45, 7) is 6.96. The topological polar surface area (TPSA) is 72.6 Å². The van der Waals surface area contributed by atoms with Crippen LogP contribution in [0.2, 0.25) is 0 Å². The van der Waals surface area contributed by atoms with Crippen molar-refractivity contribution in [3.8, 4) is 24.3 Å². The van der Waals surface area contributed by atoms with Gasteiger partial charge in [-0.25, -0.2) is 4.98 Å². The van der Waals surface area contributed by atoms with Crippen LogP contribution in [0.5, 0.6) is 0 Å². The lowest BCUT2D eigenvalue weighted by atomic mass is 9.85. The van der Waals surface area contributed by atoms with Gasteiger partial charge in [-0.1, -0.05) is 37.3 Å². The van der Waals surface area contributed by atoms with Crippen molar-refractivity contribution in [2.75, 3.05) is 13.2 Å². The van der Waals surface area contributed by atoms with E-state index in [0.717, 1.165) is 29.9 Å². The van der Waals surface area contributed by atoms with Crippen LogP contribution in [0.1, 0.15) is 44.6 Å². The van der Waals surface area contributed by atoms with Crippen LogP contribution in [0.15, 0.2) is 58.0 Å². The smallest absolute Gasteiger partial charge is 0.307 e. The number of hydrogen-bond acceptors (Lipinski definition) is 4. The largest absolute Gasteiger partial charge is 0.481 e. The summed E-state index contributed by atoms with van der Waals surface area (Å²) >= 11 is 0. The molecule has 32 heavy (non-hydrogen) atoms. The molecule has 1 heterocycles. The molecule has 1 aromatic carbocycles. The number of aromatic nitrogens is 1. The Bertz CT molecular complexity index is 953. The first-order chi connectivity index (χ1) is 15.5. The third-order valence-corrected chi connectivity index (χ3v) is 5.89. The fraction of sp³-hybridized carbons (Fsp3) is 0.407. The molecule has 0 radical (unpaired) electrons. The first kappa shape index (κ1) is 25.2. The van der Waals surface area contributed by atoms with Crippen LogP contribution in [-0.4, -0.2) is 29.3 Å². The highest BCUT2D eigenvalue weighted by Gasteiger charge is 2.34. The van der Waals surface area contributed by atoms with Gasteiger partial charge in [-0.05, 0) is 62.3 Å². The van der Waals surface area contributed by atoms with E-state index >= 15 is 0 Å². The Morgan fingerprint density at radius 3 is 2.69 bits per heavy atom. The molecular weight excluding hydrogens is 402 g/mol. The van der Waals surface area contributed by atoms with E-state index in [1.807, 2.05) is 51.1 Å². The molecule has 1 aromatic heterocycles. The molecule has 1 aliphatic rings. The van der Waals surface area contributed by atoms with Crippen LogP contribution in [-0.2, 0) is 16.0 Å². The van der Waals surface area contributed by atoms with Gasteiger partial charge in [0, 0.05) is 12.0 Å². The van der Waals surface area contributed by atoms with Crippen LogP contribution in [0.25, 0.3) is 11.5 Å². The maximum Gasteiger partial charge on any atom is 0.307 e. The van der Waals surface area contributed by atoms with Gasteiger partial charge in [0.25, 0.3) is 0 Å². The average molecular weight is 436 g/mol. The average Bonchev–Trinajstić information content (AvgIpc) is 3.39. The van der Waals surface area contributed by atoms with Crippen LogP contribution < -0.4 is 0 Å². The van der Waals surface area contributed by atoms with Gasteiger partial charge in [0.05, 0.1) is 24.8 Å². The number of rotatable bonds is 9. The second-order valence-electron chi connectivity index (χ2n) is 7.68. The minimum atomic E-state index is -0.697. The zero-order valence-corrected chi connectivity index (χ0v) is 19.2. The van der Waals surface area contributed by atoms with Crippen LogP contribution in [0.4, 0.5) is 0 Å². The van der Waals surface area contributed by atoms with Gasteiger partial charge < -0.3 is 14.3 Å². The molecule has 0 saturated heterocycles. The SMILES string of the molecule is C#C.C/C=C1\C(=C/COCCc2nc(-c3ccccc3)oc2C)CCC1C(CC)C(=O)O. The predicted molar refractivity (Wildman–Crippen MR) is 127 cm³/mol. The third-order valence-electron chi connectivity index (χ3n) is 5.89. The summed E-state index contributed by atoms with van der Waals surface area (Å²) in [7, 11) is 0. The van der Waals surface area contributed by atoms with Crippen molar-refractivity contribution < 1.29 is 19.1 Å². The Labute approximate surface area is 191 Å². The number of carboxylic acids is 1. The van der Waals surface area contributed by atoms with Crippen LogP contribution in [0, 0.1) is 31.6 Å². The number of terminal acetylenes is 1. The summed E-state index contributed by atoms with van der Waals surface area (Å²) in [4.78, 5) is 16.2. The van der Waals surface area contributed by atoms with Crippen molar-refractivity contribution in [3.63, 3.8) is 0 Å². The molecule has 2 atom stereocenters. The highest BCUT2D eigenvalue weighted by Crippen LogP contribution is 2.41.